The lowest BCUT2D eigenvalue weighted by Gasteiger charge is -2.38. The van der Waals surface area contributed by atoms with Crippen LogP contribution in [0, 0.1) is 6.92 Å². The topological polar surface area (TPSA) is 92.9 Å². The van der Waals surface area contributed by atoms with Gasteiger partial charge in [-0.15, -0.1) is 5.10 Å². The molecule has 0 atom stereocenters. The van der Waals surface area contributed by atoms with Crippen LogP contribution in [0.15, 0.2) is 55.2 Å². The first-order valence-corrected chi connectivity index (χ1v) is 13.8. The highest BCUT2D eigenvalue weighted by Gasteiger charge is 2.31. The molecule has 1 fully saturated rings. The second-order valence-electron chi connectivity index (χ2n) is 11.0. The van der Waals surface area contributed by atoms with Crippen molar-refractivity contribution in [3.8, 4) is 16.9 Å². The number of halogens is 3. The normalized spacial score (nSPS) is 17.4. The zero-order valence-electron chi connectivity index (χ0n) is 24.0. The lowest BCUT2D eigenvalue weighted by molar-refractivity contribution is -0.137. The summed E-state index contributed by atoms with van der Waals surface area (Å²) >= 11 is 0. The van der Waals surface area contributed by atoms with Gasteiger partial charge in [0.1, 0.15) is 11.4 Å². The van der Waals surface area contributed by atoms with Crippen LogP contribution in [0.4, 0.5) is 18.9 Å². The quantitative estimate of drug-likeness (QED) is 0.264. The molecule has 0 radical (unpaired) electrons. The van der Waals surface area contributed by atoms with Gasteiger partial charge in [0.05, 0.1) is 35.0 Å². The molecule has 220 valence electrons. The summed E-state index contributed by atoms with van der Waals surface area (Å²) in [6, 6.07) is 6.47. The lowest BCUT2D eigenvalue weighted by atomic mass is 9.89. The SMILES string of the molecule is Cc1ncc(CC(=O)c2cc(C(F)(F)F)ccn2)cc1-n1cc(-c2cncc(N(C)C3CCC(N(C)C)CC3)c2)nn1. The Labute approximate surface area is 242 Å². The van der Waals surface area contributed by atoms with Crippen molar-refractivity contribution < 1.29 is 18.0 Å². The Morgan fingerprint density at radius 1 is 1.00 bits per heavy atom. The molecule has 4 aromatic rings. The molecule has 1 aliphatic carbocycles. The van der Waals surface area contributed by atoms with E-state index in [9.17, 15) is 18.0 Å². The number of hydrogen-bond acceptors (Lipinski definition) is 8. The predicted molar refractivity (Wildman–Crippen MR) is 153 cm³/mol. The third kappa shape index (κ3) is 6.48. The van der Waals surface area contributed by atoms with Crippen molar-refractivity contribution in [2.75, 3.05) is 26.0 Å². The molecule has 42 heavy (non-hydrogen) atoms. The smallest absolute Gasteiger partial charge is 0.370 e. The Kier molecular flexibility index (Phi) is 8.35. The van der Waals surface area contributed by atoms with Crippen molar-refractivity contribution in [2.45, 2.75) is 57.3 Å². The van der Waals surface area contributed by atoms with Crippen LogP contribution in [0.25, 0.3) is 16.9 Å². The van der Waals surface area contributed by atoms with Gasteiger partial charge >= 0.3 is 6.18 Å². The molecule has 4 aromatic heterocycles. The van der Waals surface area contributed by atoms with E-state index in [1.165, 1.54) is 6.20 Å². The molecular formula is C30H33F3N8O. The average Bonchev–Trinajstić information content (AvgIpc) is 3.48. The number of hydrogen-bond donors (Lipinski definition) is 0. The summed E-state index contributed by atoms with van der Waals surface area (Å²) in [5.74, 6) is -0.542. The van der Waals surface area contributed by atoms with Gasteiger partial charge < -0.3 is 9.80 Å². The molecule has 0 amide bonds. The highest BCUT2D eigenvalue weighted by molar-refractivity contribution is 5.95. The Bertz CT molecular complexity index is 1560. The van der Waals surface area contributed by atoms with Crippen LogP contribution in [0.1, 0.15) is 53.0 Å². The molecule has 0 bridgehead atoms. The summed E-state index contributed by atoms with van der Waals surface area (Å²) in [7, 11) is 6.39. The van der Waals surface area contributed by atoms with Crippen LogP contribution in [-0.2, 0) is 12.6 Å². The van der Waals surface area contributed by atoms with Gasteiger partial charge in [0.15, 0.2) is 5.78 Å². The fourth-order valence-electron chi connectivity index (χ4n) is 5.37. The van der Waals surface area contributed by atoms with Gasteiger partial charge in [-0.1, -0.05) is 5.21 Å². The van der Waals surface area contributed by atoms with Gasteiger partial charge in [-0.25, -0.2) is 4.68 Å². The Morgan fingerprint density at radius 3 is 2.45 bits per heavy atom. The first-order valence-electron chi connectivity index (χ1n) is 13.8. The predicted octanol–water partition coefficient (Wildman–Crippen LogP) is 5.18. The maximum atomic E-state index is 13.1. The number of aryl methyl sites for hydroxylation is 1. The van der Waals surface area contributed by atoms with E-state index in [2.05, 4.69) is 62.3 Å². The minimum absolute atomic E-state index is 0.162. The van der Waals surface area contributed by atoms with Gasteiger partial charge in [-0.2, -0.15) is 13.2 Å². The molecule has 0 aromatic carbocycles. The highest BCUT2D eigenvalue weighted by atomic mass is 19.4. The van der Waals surface area contributed by atoms with E-state index in [1.807, 2.05) is 6.20 Å². The van der Waals surface area contributed by atoms with Crippen LogP contribution in [0.3, 0.4) is 0 Å². The Balaban J connectivity index is 1.32. The first kappa shape index (κ1) is 29.3. The van der Waals surface area contributed by atoms with E-state index < -0.39 is 17.5 Å². The molecule has 1 saturated carbocycles. The second kappa shape index (κ2) is 12.0. The van der Waals surface area contributed by atoms with Crippen molar-refractivity contribution in [1.29, 1.82) is 0 Å². The summed E-state index contributed by atoms with van der Waals surface area (Å²) in [6.45, 7) is 1.80. The Morgan fingerprint density at radius 2 is 1.74 bits per heavy atom. The van der Waals surface area contributed by atoms with E-state index in [4.69, 9.17) is 0 Å². The Hall–Kier alpha value is -4.19. The minimum Gasteiger partial charge on any atom is -0.370 e. The average molecular weight is 579 g/mol. The number of carbonyl (C=O) groups excluding carboxylic acids is 1. The summed E-state index contributed by atoms with van der Waals surface area (Å²) in [5.41, 5.74) is 3.07. The standard InChI is InChI=1S/C30H33F3N8O/c1-19-28(11-20(15-36-19)12-29(42)26-14-22(9-10-35-26)30(31,32)33)41-18-27(37-38-41)21-13-25(17-34-16-21)40(4)24-7-5-23(6-8-24)39(2)3/h9-11,13-18,23-24H,5-8,12H2,1-4H3. The van der Waals surface area contributed by atoms with Gasteiger partial charge in [0, 0.05) is 49.7 Å². The zero-order chi connectivity index (χ0) is 30.0. The van der Waals surface area contributed by atoms with Crippen LogP contribution in [0.5, 0.6) is 0 Å². The monoisotopic (exact) mass is 578 g/mol. The molecule has 12 heteroatoms. The number of aromatic nitrogens is 6. The van der Waals surface area contributed by atoms with Crippen molar-refractivity contribution >= 4 is 11.5 Å². The molecular weight excluding hydrogens is 545 g/mol. The summed E-state index contributed by atoms with van der Waals surface area (Å²) in [6.07, 6.45) is 7.74. The van der Waals surface area contributed by atoms with Crippen molar-refractivity contribution in [3.63, 3.8) is 0 Å². The van der Waals surface area contributed by atoms with Crippen molar-refractivity contribution in [3.05, 3.63) is 77.8 Å². The fourth-order valence-corrected chi connectivity index (χ4v) is 5.37. The zero-order valence-corrected chi connectivity index (χ0v) is 24.0. The number of nitrogens with zero attached hydrogens (tertiary/aromatic N) is 8. The third-order valence-corrected chi connectivity index (χ3v) is 7.97. The van der Waals surface area contributed by atoms with Crippen LogP contribution >= 0.6 is 0 Å². The molecule has 5 rings (SSSR count). The van der Waals surface area contributed by atoms with Gasteiger partial charge in [0.2, 0.25) is 0 Å². The number of pyridine rings is 3. The lowest BCUT2D eigenvalue weighted by Crippen LogP contribution is -2.40. The molecule has 0 N–H and O–H groups in total. The highest BCUT2D eigenvalue weighted by Crippen LogP contribution is 2.31. The molecule has 0 aliphatic heterocycles. The van der Waals surface area contributed by atoms with Crippen molar-refractivity contribution in [2.24, 2.45) is 0 Å². The first-order chi connectivity index (χ1) is 20.0. The molecule has 0 spiro atoms. The molecule has 0 unspecified atom stereocenters. The number of ketones is 1. The van der Waals surface area contributed by atoms with Crippen molar-refractivity contribution in [1.82, 2.24) is 34.8 Å². The van der Waals surface area contributed by atoms with Gasteiger partial charge in [0.25, 0.3) is 0 Å². The summed E-state index contributed by atoms with van der Waals surface area (Å²) in [5, 5.41) is 8.64. The number of anilines is 1. The van der Waals surface area contributed by atoms with E-state index in [1.54, 1.807) is 30.1 Å². The van der Waals surface area contributed by atoms with Crippen LogP contribution in [-0.4, -0.2) is 73.9 Å². The molecule has 9 nitrogen and oxygen atoms in total. The number of carbonyl (C=O) groups is 1. The van der Waals surface area contributed by atoms with Gasteiger partial charge in [-0.3, -0.25) is 19.7 Å². The number of rotatable bonds is 8. The summed E-state index contributed by atoms with van der Waals surface area (Å²) < 4.78 is 40.8. The van der Waals surface area contributed by atoms with E-state index in [0.717, 1.165) is 55.3 Å². The third-order valence-electron chi connectivity index (χ3n) is 7.97. The fraction of sp³-hybridized carbons (Fsp3) is 0.400. The largest absolute Gasteiger partial charge is 0.416 e. The van der Waals surface area contributed by atoms with E-state index >= 15 is 0 Å². The molecule has 4 heterocycles. The second-order valence-corrected chi connectivity index (χ2v) is 11.0. The molecule has 0 saturated heterocycles. The molecule has 1 aliphatic rings. The van der Waals surface area contributed by atoms with Crippen LogP contribution < -0.4 is 4.90 Å². The number of alkyl halides is 3. The maximum Gasteiger partial charge on any atom is 0.416 e. The van der Waals surface area contributed by atoms with E-state index in [0.29, 0.717) is 34.7 Å². The van der Waals surface area contributed by atoms with Crippen LogP contribution in [0.2, 0.25) is 0 Å². The maximum absolute atomic E-state index is 13.1. The number of Topliss-reactive ketones (excluding diaryl/α,β-unsaturated/α-hetero) is 1. The minimum atomic E-state index is -4.56. The van der Waals surface area contributed by atoms with E-state index in [-0.39, 0.29) is 12.1 Å². The summed E-state index contributed by atoms with van der Waals surface area (Å²) in [4.78, 5) is 30.0. The van der Waals surface area contributed by atoms with Gasteiger partial charge in [-0.05, 0) is 76.5 Å².